The number of rotatable bonds is 7. The maximum absolute atomic E-state index is 13.1. The Morgan fingerprint density at radius 3 is 2.59 bits per heavy atom. The van der Waals surface area contributed by atoms with Gasteiger partial charge in [0.25, 0.3) is 5.91 Å². The number of thiophene rings is 1. The van der Waals surface area contributed by atoms with Gasteiger partial charge in [0.2, 0.25) is 5.91 Å². The van der Waals surface area contributed by atoms with Gasteiger partial charge in [-0.2, -0.15) is 0 Å². The summed E-state index contributed by atoms with van der Waals surface area (Å²) < 4.78 is 0. The predicted octanol–water partition coefficient (Wildman–Crippen LogP) is 3.48. The van der Waals surface area contributed by atoms with Gasteiger partial charge in [-0.25, -0.2) is 0 Å². The van der Waals surface area contributed by atoms with Gasteiger partial charge >= 0.3 is 0 Å². The molecule has 0 spiro atoms. The molecule has 5 rings (SSSR count). The van der Waals surface area contributed by atoms with Crippen LogP contribution in [0.15, 0.2) is 24.5 Å². The number of nitrogens with zero attached hydrogens (tertiary/aromatic N) is 1. The molecule has 2 fully saturated rings. The molecule has 3 aliphatic rings. The van der Waals surface area contributed by atoms with E-state index < -0.39 is 0 Å². The van der Waals surface area contributed by atoms with Crippen LogP contribution in [0.25, 0.3) is 0 Å². The minimum absolute atomic E-state index is 0.0391. The highest BCUT2D eigenvalue weighted by Gasteiger charge is 2.34. The molecule has 9 heteroatoms. The molecule has 0 unspecified atom stereocenters. The van der Waals surface area contributed by atoms with E-state index in [2.05, 4.69) is 26.3 Å². The van der Waals surface area contributed by atoms with Crippen LogP contribution in [0.4, 0.5) is 10.7 Å². The van der Waals surface area contributed by atoms with Crippen molar-refractivity contribution in [1.82, 2.24) is 15.6 Å². The fourth-order valence-electron chi connectivity index (χ4n) is 4.03. The minimum Gasteiger partial charge on any atom is -0.359 e. The molecular formula is C23H27N5O2S2. The van der Waals surface area contributed by atoms with Crippen molar-refractivity contribution in [3.63, 3.8) is 0 Å². The minimum atomic E-state index is -0.0707. The van der Waals surface area contributed by atoms with Crippen molar-refractivity contribution in [2.75, 3.05) is 17.2 Å². The standard InChI is InChI=1S/C23H27N5O2S2/c29-20(14-3-4-14)28-22-19(21(30)25-12-13-1-2-13)17-11-16(5-6-18(17)32-22)27-23(31)26-15-7-9-24-10-8-15/h7-10,13-14,16H,1-6,11-12H2,(H,25,30)(H,28,29)(H2,24,26,27,31)/t16-/m0/s1. The van der Waals surface area contributed by atoms with Crippen molar-refractivity contribution in [1.29, 1.82) is 0 Å². The quantitative estimate of drug-likeness (QED) is 0.464. The SMILES string of the molecule is O=C(NCC1CC1)c1c(NC(=O)C2CC2)sc2c1C[C@@H](NC(=S)Nc1ccncc1)CC2. The molecule has 7 nitrogen and oxygen atoms in total. The lowest BCUT2D eigenvalue weighted by molar-refractivity contribution is -0.117. The van der Waals surface area contributed by atoms with Gasteiger partial charge in [-0.15, -0.1) is 11.3 Å². The number of aryl methyl sites for hydroxylation is 1. The van der Waals surface area contributed by atoms with Gasteiger partial charge < -0.3 is 21.3 Å². The number of pyridine rings is 1. The number of anilines is 2. The number of hydrogen-bond acceptors (Lipinski definition) is 5. The summed E-state index contributed by atoms with van der Waals surface area (Å²) in [5, 5.41) is 14.0. The summed E-state index contributed by atoms with van der Waals surface area (Å²) in [4.78, 5) is 30.8. The predicted molar refractivity (Wildman–Crippen MR) is 130 cm³/mol. The zero-order valence-electron chi connectivity index (χ0n) is 17.8. The lowest BCUT2D eigenvalue weighted by Gasteiger charge is -2.25. The van der Waals surface area contributed by atoms with Gasteiger partial charge in [0.15, 0.2) is 5.11 Å². The van der Waals surface area contributed by atoms with Crippen LogP contribution in [-0.2, 0) is 17.6 Å². The summed E-state index contributed by atoms with van der Waals surface area (Å²) in [5.74, 6) is 0.669. The monoisotopic (exact) mass is 469 g/mol. The first-order valence-corrected chi connectivity index (χ1v) is 12.5. The van der Waals surface area contributed by atoms with Crippen molar-refractivity contribution < 1.29 is 9.59 Å². The van der Waals surface area contributed by atoms with E-state index in [1.54, 1.807) is 23.7 Å². The lowest BCUT2D eigenvalue weighted by atomic mass is 9.91. The van der Waals surface area contributed by atoms with Gasteiger partial charge in [0.05, 0.1) is 5.56 Å². The van der Waals surface area contributed by atoms with Crippen molar-refractivity contribution in [2.45, 2.75) is 51.0 Å². The molecule has 0 aromatic carbocycles. The van der Waals surface area contributed by atoms with Crippen LogP contribution in [0.1, 0.15) is 52.9 Å². The molecule has 2 saturated carbocycles. The normalized spacial score (nSPS) is 19.6. The van der Waals surface area contributed by atoms with E-state index in [0.29, 0.717) is 34.6 Å². The third-order valence-electron chi connectivity index (χ3n) is 6.19. The molecular weight excluding hydrogens is 442 g/mol. The van der Waals surface area contributed by atoms with Crippen LogP contribution in [0.2, 0.25) is 0 Å². The molecule has 0 aliphatic heterocycles. The second kappa shape index (κ2) is 9.15. The highest BCUT2D eigenvalue weighted by atomic mass is 32.1. The number of carbonyl (C=O) groups is 2. The summed E-state index contributed by atoms with van der Waals surface area (Å²) in [6.07, 6.45) is 10.2. The first kappa shape index (κ1) is 21.3. The number of fused-ring (bicyclic) bond motifs is 1. The summed E-state index contributed by atoms with van der Waals surface area (Å²) in [5.41, 5.74) is 2.58. The van der Waals surface area contributed by atoms with Crippen LogP contribution in [0, 0.1) is 11.8 Å². The van der Waals surface area contributed by atoms with E-state index in [-0.39, 0.29) is 23.8 Å². The van der Waals surface area contributed by atoms with Crippen molar-refractivity contribution >= 4 is 51.2 Å². The Labute approximate surface area is 196 Å². The number of carbonyl (C=O) groups excluding carboxylic acids is 2. The number of hydrogen-bond donors (Lipinski definition) is 4. The maximum Gasteiger partial charge on any atom is 0.254 e. The van der Waals surface area contributed by atoms with Crippen molar-refractivity contribution in [2.24, 2.45) is 11.8 Å². The molecule has 3 aliphatic carbocycles. The number of aromatic nitrogens is 1. The Balaban J connectivity index is 1.31. The van der Waals surface area contributed by atoms with E-state index in [4.69, 9.17) is 12.2 Å². The summed E-state index contributed by atoms with van der Waals surface area (Å²) in [6.45, 7) is 0.709. The Morgan fingerprint density at radius 1 is 1.09 bits per heavy atom. The van der Waals surface area contributed by atoms with Gasteiger partial charge in [-0.3, -0.25) is 14.6 Å². The molecule has 2 aromatic heterocycles. The van der Waals surface area contributed by atoms with Crippen LogP contribution in [0.5, 0.6) is 0 Å². The molecule has 0 radical (unpaired) electrons. The summed E-state index contributed by atoms with van der Waals surface area (Å²) >= 11 is 7.06. The Kier molecular flexibility index (Phi) is 6.10. The topological polar surface area (TPSA) is 95.2 Å². The third-order valence-corrected chi connectivity index (χ3v) is 7.62. The van der Waals surface area contributed by atoms with Gasteiger partial charge in [-0.05, 0) is 80.8 Å². The van der Waals surface area contributed by atoms with Crippen molar-refractivity contribution in [3.05, 3.63) is 40.5 Å². The maximum atomic E-state index is 13.1. The van der Waals surface area contributed by atoms with Gasteiger partial charge in [0, 0.05) is 41.5 Å². The van der Waals surface area contributed by atoms with E-state index in [9.17, 15) is 9.59 Å². The van der Waals surface area contributed by atoms with Crippen LogP contribution in [0.3, 0.4) is 0 Å². The summed E-state index contributed by atoms with van der Waals surface area (Å²) in [7, 11) is 0. The largest absolute Gasteiger partial charge is 0.359 e. The fraction of sp³-hybridized carbons (Fsp3) is 0.478. The first-order chi connectivity index (χ1) is 15.6. The third kappa shape index (κ3) is 5.10. The molecule has 0 saturated heterocycles. The van der Waals surface area contributed by atoms with E-state index in [1.807, 2.05) is 12.1 Å². The smallest absolute Gasteiger partial charge is 0.254 e. The molecule has 4 N–H and O–H groups in total. The molecule has 2 amide bonds. The van der Waals surface area contributed by atoms with Gasteiger partial charge in [0.1, 0.15) is 5.00 Å². The average molecular weight is 470 g/mol. The second-order valence-corrected chi connectivity index (χ2v) is 10.4. The number of thiocarbonyl (C=S) groups is 1. The average Bonchev–Trinajstić information content (AvgIpc) is 3.69. The van der Waals surface area contributed by atoms with Crippen molar-refractivity contribution in [3.8, 4) is 0 Å². The molecule has 168 valence electrons. The lowest BCUT2D eigenvalue weighted by Crippen LogP contribution is -2.41. The van der Waals surface area contributed by atoms with Crippen LogP contribution in [-0.4, -0.2) is 34.5 Å². The van der Waals surface area contributed by atoms with E-state index in [1.165, 1.54) is 17.7 Å². The Morgan fingerprint density at radius 2 is 1.88 bits per heavy atom. The van der Waals surface area contributed by atoms with Gasteiger partial charge in [-0.1, -0.05) is 0 Å². The van der Waals surface area contributed by atoms with Crippen LogP contribution >= 0.6 is 23.6 Å². The highest BCUT2D eigenvalue weighted by Crippen LogP contribution is 2.40. The highest BCUT2D eigenvalue weighted by molar-refractivity contribution is 7.80. The molecule has 32 heavy (non-hydrogen) atoms. The second-order valence-electron chi connectivity index (χ2n) is 8.90. The van der Waals surface area contributed by atoms with Crippen LogP contribution < -0.4 is 21.3 Å². The molecule has 0 bridgehead atoms. The Bertz CT molecular complexity index is 1030. The molecule has 1 atom stereocenters. The van der Waals surface area contributed by atoms with E-state index >= 15 is 0 Å². The summed E-state index contributed by atoms with van der Waals surface area (Å²) in [6, 6.07) is 3.85. The zero-order chi connectivity index (χ0) is 22.1. The number of nitrogens with one attached hydrogen (secondary N) is 4. The first-order valence-electron chi connectivity index (χ1n) is 11.3. The fourth-order valence-corrected chi connectivity index (χ4v) is 5.56. The molecule has 2 aromatic rings. The Hall–Kier alpha value is -2.52. The van der Waals surface area contributed by atoms with E-state index in [0.717, 1.165) is 36.9 Å². The molecule has 2 heterocycles. The zero-order valence-corrected chi connectivity index (χ0v) is 19.4. The number of amides is 2.